The predicted octanol–water partition coefficient (Wildman–Crippen LogP) is 5.10. The quantitative estimate of drug-likeness (QED) is 0.0819. The van der Waals surface area contributed by atoms with Crippen molar-refractivity contribution in [3.8, 4) is 11.5 Å². The van der Waals surface area contributed by atoms with E-state index in [2.05, 4.69) is 10.6 Å². The van der Waals surface area contributed by atoms with Crippen LogP contribution in [0, 0.1) is 0 Å². The SMILES string of the molecule is CC(C)(N)COc1ccc(Nc2ccc(CCNC[C@H](O)c3ccc(O)c4c3ccc(=O)n4OC(=O)/C=C/c3ccccc3)cc2)cc1. The molecule has 48 heavy (non-hydrogen) atoms. The third kappa shape index (κ3) is 9.32. The second-order valence-electron chi connectivity index (χ2n) is 12.1. The number of phenols is 1. The maximum atomic E-state index is 12.7. The third-order valence-corrected chi connectivity index (χ3v) is 7.41. The van der Waals surface area contributed by atoms with Crippen molar-refractivity contribution in [2.24, 2.45) is 5.73 Å². The van der Waals surface area contributed by atoms with Crippen LogP contribution in [0.15, 0.2) is 114 Å². The van der Waals surface area contributed by atoms with Crippen LogP contribution in [0.4, 0.5) is 11.4 Å². The number of pyridine rings is 1. The number of aliphatic hydroxyl groups excluding tert-OH is 1. The molecule has 1 heterocycles. The lowest BCUT2D eigenvalue weighted by atomic mass is 10.0. The fourth-order valence-electron chi connectivity index (χ4n) is 4.97. The van der Waals surface area contributed by atoms with Gasteiger partial charge in [-0.15, -0.1) is 4.73 Å². The van der Waals surface area contributed by atoms with Gasteiger partial charge >= 0.3 is 5.97 Å². The van der Waals surface area contributed by atoms with E-state index in [4.69, 9.17) is 15.3 Å². The molecule has 0 bridgehead atoms. The predicted molar refractivity (Wildman–Crippen MR) is 188 cm³/mol. The number of nitrogens with zero attached hydrogens (tertiary/aromatic N) is 1. The zero-order chi connectivity index (χ0) is 34.1. The topological polar surface area (TPSA) is 148 Å². The molecule has 0 spiro atoms. The monoisotopic (exact) mass is 648 g/mol. The van der Waals surface area contributed by atoms with Gasteiger partial charge in [0.15, 0.2) is 0 Å². The zero-order valence-corrected chi connectivity index (χ0v) is 26.9. The van der Waals surface area contributed by atoms with Gasteiger partial charge in [-0.3, -0.25) is 4.79 Å². The number of phenolic OH excluding ortho intramolecular Hbond substituents is 1. The second-order valence-corrected chi connectivity index (χ2v) is 12.1. The van der Waals surface area contributed by atoms with Crippen molar-refractivity contribution in [3.63, 3.8) is 0 Å². The fraction of sp³-hybridized carbons (Fsp3) is 0.211. The molecule has 0 aliphatic heterocycles. The molecule has 0 aliphatic carbocycles. The third-order valence-electron chi connectivity index (χ3n) is 7.41. The van der Waals surface area contributed by atoms with Crippen molar-refractivity contribution >= 4 is 34.3 Å². The summed E-state index contributed by atoms with van der Waals surface area (Å²) in [7, 11) is 0. The molecule has 4 aromatic carbocycles. The molecule has 0 amide bonds. The van der Waals surface area contributed by atoms with Gasteiger partial charge in [0.1, 0.15) is 23.6 Å². The Morgan fingerprint density at radius 2 is 1.62 bits per heavy atom. The van der Waals surface area contributed by atoms with E-state index < -0.39 is 23.2 Å². The van der Waals surface area contributed by atoms with Crippen LogP contribution in [-0.4, -0.2) is 46.1 Å². The Bertz CT molecular complexity index is 1910. The van der Waals surface area contributed by atoms with E-state index in [1.165, 1.54) is 24.3 Å². The fourth-order valence-corrected chi connectivity index (χ4v) is 4.97. The van der Waals surface area contributed by atoms with Gasteiger partial charge in [-0.1, -0.05) is 48.5 Å². The summed E-state index contributed by atoms with van der Waals surface area (Å²) in [6.07, 6.45) is 2.54. The van der Waals surface area contributed by atoms with Crippen LogP contribution in [0.3, 0.4) is 0 Å². The highest BCUT2D eigenvalue weighted by molar-refractivity contribution is 5.90. The van der Waals surface area contributed by atoms with Crippen LogP contribution in [0.2, 0.25) is 0 Å². The van der Waals surface area contributed by atoms with Crippen LogP contribution < -0.4 is 31.5 Å². The number of ether oxygens (including phenoxy) is 1. The minimum atomic E-state index is -0.960. The van der Waals surface area contributed by atoms with E-state index in [0.717, 1.165) is 39.4 Å². The van der Waals surface area contributed by atoms with Crippen LogP contribution in [0.5, 0.6) is 11.5 Å². The van der Waals surface area contributed by atoms with Crippen molar-refractivity contribution < 1.29 is 24.6 Å². The molecule has 5 rings (SSSR count). The number of aliphatic hydroxyl groups is 1. The minimum absolute atomic E-state index is 0.00544. The maximum Gasteiger partial charge on any atom is 0.356 e. The molecule has 5 aromatic rings. The van der Waals surface area contributed by atoms with Crippen LogP contribution >= 0.6 is 0 Å². The lowest BCUT2D eigenvalue weighted by molar-refractivity contribution is -0.138. The molecule has 1 atom stereocenters. The summed E-state index contributed by atoms with van der Waals surface area (Å²) >= 11 is 0. The Balaban J connectivity index is 1.15. The van der Waals surface area contributed by atoms with Crippen molar-refractivity contribution in [2.75, 3.05) is 25.0 Å². The number of carbonyl (C=O) groups is 1. The Hall–Kier alpha value is -5.42. The molecule has 6 N–H and O–H groups in total. The average molecular weight is 649 g/mol. The summed E-state index contributed by atoms with van der Waals surface area (Å²) in [6, 6.07) is 30.7. The van der Waals surface area contributed by atoms with E-state index in [0.29, 0.717) is 24.1 Å². The van der Waals surface area contributed by atoms with E-state index in [9.17, 15) is 19.8 Å². The minimum Gasteiger partial charge on any atom is -0.506 e. The highest BCUT2D eigenvalue weighted by atomic mass is 16.7. The Kier molecular flexibility index (Phi) is 10.9. The summed E-state index contributed by atoms with van der Waals surface area (Å²) in [6.45, 7) is 5.10. The van der Waals surface area contributed by atoms with Gasteiger partial charge < -0.3 is 36.2 Å². The Labute approximate surface area is 279 Å². The number of hydrogen-bond donors (Lipinski definition) is 5. The van der Waals surface area contributed by atoms with Gasteiger partial charge in [-0.25, -0.2) is 4.79 Å². The number of nitrogens with one attached hydrogen (secondary N) is 2. The summed E-state index contributed by atoms with van der Waals surface area (Å²) in [5, 5.41) is 28.7. The summed E-state index contributed by atoms with van der Waals surface area (Å²) in [5.41, 5.74) is 9.21. The summed E-state index contributed by atoms with van der Waals surface area (Å²) in [5.74, 6) is -0.294. The smallest absolute Gasteiger partial charge is 0.356 e. The normalized spacial score (nSPS) is 12.2. The van der Waals surface area contributed by atoms with Crippen molar-refractivity contribution in [2.45, 2.75) is 31.9 Å². The van der Waals surface area contributed by atoms with Gasteiger partial charge in [-0.05, 0) is 98.1 Å². The highest BCUT2D eigenvalue weighted by Crippen LogP contribution is 2.30. The molecule has 10 heteroatoms. The molecule has 0 radical (unpaired) electrons. The van der Waals surface area contributed by atoms with E-state index >= 15 is 0 Å². The first-order valence-corrected chi connectivity index (χ1v) is 15.7. The van der Waals surface area contributed by atoms with Crippen molar-refractivity contribution in [3.05, 3.63) is 136 Å². The van der Waals surface area contributed by atoms with Gasteiger partial charge in [-0.2, -0.15) is 0 Å². The van der Waals surface area contributed by atoms with Gasteiger partial charge in [0.05, 0.1) is 6.10 Å². The number of benzene rings is 4. The Morgan fingerprint density at radius 3 is 2.31 bits per heavy atom. The van der Waals surface area contributed by atoms with E-state index in [1.807, 2.05) is 92.7 Å². The van der Waals surface area contributed by atoms with Crippen LogP contribution in [0.1, 0.15) is 36.6 Å². The van der Waals surface area contributed by atoms with Crippen LogP contribution in [0.25, 0.3) is 17.0 Å². The van der Waals surface area contributed by atoms with Crippen molar-refractivity contribution in [1.82, 2.24) is 10.0 Å². The molecule has 0 saturated heterocycles. The maximum absolute atomic E-state index is 12.7. The number of carbonyl (C=O) groups excluding carboxylic acids is 1. The largest absolute Gasteiger partial charge is 0.506 e. The molecule has 0 aliphatic rings. The lowest BCUT2D eigenvalue weighted by Gasteiger charge is -2.19. The number of nitrogens with two attached hydrogens (primary N) is 1. The van der Waals surface area contributed by atoms with Gasteiger partial charge in [0.25, 0.3) is 5.56 Å². The first kappa shape index (κ1) is 33.9. The number of anilines is 2. The molecule has 0 saturated carbocycles. The first-order chi connectivity index (χ1) is 23.1. The highest BCUT2D eigenvalue weighted by Gasteiger charge is 2.18. The number of rotatable bonds is 14. The number of hydrogen-bond acceptors (Lipinski definition) is 9. The summed E-state index contributed by atoms with van der Waals surface area (Å²) in [4.78, 5) is 30.5. The first-order valence-electron chi connectivity index (χ1n) is 15.7. The Morgan fingerprint density at radius 1 is 0.938 bits per heavy atom. The summed E-state index contributed by atoms with van der Waals surface area (Å²) < 4.78 is 6.48. The standard InChI is InChI=1S/C38H40N4O6/c1-38(2,39)25-47-30-15-13-29(14-16-30)41-28-11-8-27(9-12-28)22-23-40-24-34(44)31-17-19-33(43)37-32(31)18-20-35(45)42(37)48-36(46)21-10-26-6-4-3-5-7-26/h3-21,34,40-41,43-44H,22-25,39H2,1-2H3/b21-10+/t34-/m0/s1. The molecule has 0 unspecified atom stereocenters. The average Bonchev–Trinajstić information content (AvgIpc) is 3.07. The molecule has 248 valence electrons. The van der Waals surface area contributed by atoms with Crippen LogP contribution in [-0.2, 0) is 11.2 Å². The molecule has 0 fully saturated rings. The van der Waals surface area contributed by atoms with Gasteiger partial charge in [0, 0.05) is 41.0 Å². The van der Waals surface area contributed by atoms with Gasteiger partial charge in [0.2, 0.25) is 0 Å². The molecular formula is C38H40N4O6. The number of aromatic nitrogens is 1. The molecule has 10 nitrogen and oxygen atoms in total. The van der Waals surface area contributed by atoms with Crippen molar-refractivity contribution in [1.29, 1.82) is 0 Å². The van der Waals surface area contributed by atoms with E-state index in [-0.39, 0.29) is 17.8 Å². The molecular weight excluding hydrogens is 608 g/mol. The number of fused-ring (bicyclic) bond motifs is 1. The van der Waals surface area contributed by atoms with E-state index in [1.54, 1.807) is 12.1 Å². The molecule has 1 aromatic heterocycles. The zero-order valence-electron chi connectivity index (χ0n) is 26.9. The number of aromatic hydroxyl groups is 1. The second kappa shape index (κ2) is 15.4. The lowest BCUT2D eigenvalue weighted by Crippen LogP contribution is -2.38.